The van der Waals surface area contributed by atoms with Crippen molar-refractivity contribution in [2.45, 2.75) is 0 Å². The zero-order chi connectivity index (χ0) is 16.1. The highest BCUT2D eigenvalue weighted by Crippen LogP contribution is 2.22. The van der Waals surface area contributed by atoms with Crippen molar-refractivity contribution in [1.29, 1.82) is 0 Å². The Morgan fingerprint density at radius 2 is 1.78 bits per heavy atom. The summed E-state index contributed by atoms with van der Waals surface area (Å²) in [4.78, 5) is 35.9. The maximum atomic E-state index is 12.0. The number of nitrogens with zero attached hydrogens (tertiary/aromatic N) is 3. The van der Waals surface area contributed by atoms with Gasteiger partial charge in [-0.1, -0.05) is 6.07 Å². The zero-order valence-corrected chi connectivity index (χ0v) is 12.6. The first-order valence-electron chi connectivity index (χ1n) is 6.61. The molecule has 0 aromatic carbocycles. The van der Waals surface area contributed by atoms with E-state index in [9.17, 15) is 9.59 Å². The van der Waals surface area contributed by atoms with E-state index >= 15 is 0 Å². The Balaban J connectivity index is 1.63. The molecular weight excluding hydrogens is 314 g/mol. The first kappa shape index (κ1) is 14.8. The Labute approximate surface area is 135 Å². The van der Waals surface area contributed by atoms with E-state index in [-0.39, 0.29) is 11.4 Å². The molecule has 3 aromatic heterocycles. The molecule has 2 amide bonds. The summed E-state index contributed by atoms with van der Waals surface area (Å²) in [6.07, 6.45) is 4.83. The lowest BCUT2D eigenvalue weighted by molar-refractivity contribution is 0.0841. The van der Waals surface area contributed by atoms with Crippen LogP contribution in [-0.4, -0.2) is 26.8 Å². The van der Waals surface area contributed by atoms with Gasteiger partial charge in [-0.2, -0.15) is 0 Å². The summed E-state index contributed by atoms with van der Waals surface area (Å²) < 4.78 is 0. The molecule has 0 radical (unpaired) electrons. The molecule has 0 saturated heterocycles. The minimum Gasteiger partial charge on any atom is -0.266 e. The molecule has 23 heavy (non-hydrogen) atoms. The van der Waals surface area contributed by atoms with Gasteiger partial charge in [-0.15, -0.1) is 11.3 Å². The average molecular weight is 325 g/mol. The van der Waals surface area contributed by atoms with E-state index in [2.05, 4.69) is 25.8 Å². The molecule has 0 aliphatic rings. The topological polar surface area (TPSA) is 96.9 Å². The summed E-state index contributed by atoms with van der Waals surface area (Å²) in [7, 11) is 0. The summed E-state index contributed by atoms with van der Waals surface area (Å²) >= 11 is 1.32. The lowest BCUT2D eigenvalue weighted by Crippen LogP contribution is -2.42. The van der Waals surface area contributed by atoms with Crippen molar-refractivity contribution in [3.8, 4) is 10.6 Å². The van der Waals surface area contributed by atoms with E-state index in [0.717, 1.165) is 5.56 Å². The van der Waals surface area contributed by atoms with Gasteiger partial charge in [-0.25, -0.2) is 4.98 Å². The molecule has 0 fully saturated rings. The summed E-state index contributed by atoms with van der Waals surface area (Å²) in [5.74, 6) is -0.998. The molecule has 3 heterocycles. The standard InChI is InChI=1S/C15H11N5O2S/c21-13(11-5-1-2-7-17-11)19-20-14(22)12-9-23-15(18-12)10-4-3-6-16-8-10/h1-9H,(H,19,21)(H,20,22). The molecule has 3 rings (SSSR count). The van der Waals surface area contributed by atoms with E-state index in [4.69, 9.17) is 0 Å². The van der Waals surface area contributed by atoms with Gasteiger partial charge < -0.3 is 0 Å². The van der Waals surface area contributed by atoms with E-state index in [0.29, 0.717) is 5.01 Å². The van der Waals surface area contributed by atoms with E-state index in [1.54, 1.807) is 42.0 Å². The van der Waals surface area contributed by atoms with Crippen LogP contribution in [0.3, 0.4) is 0 Å². The number of aromatic nitrogens is 3. The molecule has 114 valence electrons. The minimum absolute atomic E-state index is 0.210. The van der Waals surface area contributed by atoms with Crippen molar-refractivity contribution in [3.05, 3.63) is 65.7 Å². The maximum absolute atomic E-state index is 12.0. The second-order valence-electron chi connectivity index (χ2n) is 4.40. The smallest absolute Gasteiger partial charge is 0.266 e. The third-order valence-electron chi connectivity index (χ3n) is 2.83. The van der Waals surface area contributed by atoms with E-state index in [1.807, 2.05) is 6.07 Å². The van der Waals surface area contributed by atoms with Crippen molar-refractivity contribution in [1.82, 2.24) is 25.8 Å². The van der Waals surface area contributed by atoms with Crippen LogP contribution in [0.1, 0.15) is 21.0 Å². The summed E-state index contributed by atoms with van der Waals surface area (Å²) in [6.45, 7) is 0. The van der Waals surface area contributed by atoms with Gasteiger partial charge in [0, 0.05) is 29.5 Å². The van der Waals surface area contributed by atoms with Gasteiger partial charge in [0.05, 0.1) is 0 Å². The number of amides is 2. The van der Waals surface area contributed by atoms with E-state index < -0.39 is 11.8 Å². The number of hydrazine groups is 1. The number of thiazole rings is 1. The largest absolute Gasteiger partial charge is 0.289 e. The molecule has 0 bridgehead atoms. The molecule has 0 aliphatic heterocycles. The highest BCUT2D eigenvalue weighted by molar-refractivity contribution is 7.13. The fourth-order valence-electron chi connectivity index (χ4n) is 1.74. The van der Waals surface area contributed by atoms with Crippen LogP contribution in [0, 0.1) is 0 Å². The number of hydrogen-bond donors (Lipinski definition) is 2. The van der Waals surface area contributed by atoms with Crippen molar-refractivity contribution in [2.75, 3.05) is 0 Å². The number of hydrogen-bond acceptors (Lipinski definition) is 6. The van der Waals surface area contributed by atoms with Gasteiger partial charge in [-0.05, 0) is 24.3 Å². The minimum atomic E-state index is -0.499. The normalized spacial score (nSPS) is 10.1. The molecule has 3 aromatic rings. The first-order chi connectivity index (χ1) is 11.2. The fourth-order valence-corrected chi connectivity index (χ4v) is 2.53. The molecule has 8 heteroatoms. The van der Waals surface area contributed by atoms with Gasteiger partial charge in [0.1, 0.15) is 16.4 Å². The molecule has 0 atom stereocenters. The quantitative estimate of drug-likeness (QED) is 0.714. The van der Waals surface area contributed by atoms with Crippen LogP contribution in [0.25, 0.3) is 10.6 Å². The van der Waals surface area contributed by atoms with Crippen molar-refractivity contribution < 1.29 is 9.59 Å². The van der Waals surface area contributed by atoms with Crippen LogP contribution < -0.4 is 10.9 Å². The third-order valence-corrected chi connectivity index (χ3v) is 3.72. The Bertz CT molecular complexity index is 820. The molecule has 0 spiro atoms. The lowest BCUT2D eigenvalue weighted by Gasteiger charge is -2.04. The van der Waals surface area contributed by atoms with Gasteiger partial charge in [0.15, 0.2) is 0 Å². The highest BCUT2D eigenvalue weighted by Gasteiger charge is 2.13. The van der Waals surface area contributed by atoms with Gasteiger partial charge >= 0.3 is 0 Å². The zero-order valence-electron chi connectivity index (χ0n) is 11.8. The maximum Gasteiger partial charge on any atom is 0.289 e. The molecule has 7 nitrogen and oxygen atoms in total. The van der Waals surface area contributed by atoms with Gasteiger partial charge in [0.2, 0.25) is 0 Å². The predicted octanol–water partition coefficient (Wildman–Crippen LogP) is 1.67. The van der Waals surface area contributed by atoms with Gasteiger partial charge in [0.25, 0.3) is 11.8 Å². The fraction of sp³-hybridized carbons (Fsp3) is 0. The van der Waals surface area contributed by atoms with Crippen LogP contribution in [0.2, 0.25) is 0 Å². The van der Waals surface area contributed by atoms with Gasteiger partial charge in [-0.3, -0.25) is 30.4 Å². The number of pyridine rings is 2. The second kappa shape index (κ2) is 6.75. The van der Waals surface area contributed by atoms with Crippen molar-refractivity contribution >= 4 is 23.2 Å². The molecule has 0 saturated carbocycles. The van der Waals surface area contributed by atoms with Crippen LogP contribution in [0.5, 0.6) is 0 Å². The Morgan fingerprint density at radius 3 is 2.48 bits per heavy atom. The van der Waals surface area contributed by atoms with Crippen molar-refractivity contribution in [2.24, 2.45) is 0 Å². The Kier molecular flexibility index (Phi) is 4.34. The van der Waals surface area contributed by atoms with Crippen LogP contribution in [0.4, 0.5) is 0 Å². The van der Waals surface area contributed by atoms with E-state index in [1.165, 1.54) is 17.5 Å². The first-order valence-corrected chi connectivity index (χ1v) is 7.49. The number of carbonyl (C=O) groups excluding carboxylic acids is 2. The molecule has 0 aliphatic carbocycles. The number of carbonyl (C=O) groups is 2. The molecular formula is C15H11N5O2S. The van der Waals surface area contributed by atoms with Crippen LogP contribution in [-0.2, 0) is 0 Å². The SMILES string of the molecule is O=C(NNC(=O)c1csc(-c2cccnc2)n1)c1ccccn1. The van der Waals surface area contributed by atoms with Crippen LogP contribution in [0.15, 0.2) is 54.3 Å². The second-order valence-corrected chi connectivity index (χ2v) is 5.26. The Hall–Kier alpha value is -3.13. The predicted molar refractivity (Wildman–Crippen MR) is 84.5 cm³/mol. The molecule has 0 unspecified atom stereocenters. The van der Waals surface area contributed by atoms with Crippen molar-refractivity contribution in [3.63, 3.8) is 0 Å². The number of nitrogens with one attached hydrogen (secondary N) is 2. The summed E-state index contributed by atoms with van der Waals surface area (Å²) in [5, 5.41) is 2.30. The molecule has 2 N–H and O–H groups in total. The summed E-state index contributed by atoms with van der Waals surface area (Å²) in [5.41, 5.74) is 5.87. The summed E-state index contributed by atoms with van der Waals surface area (Å²) in [6, 6.07) is 8.58. The monoisotopic (exact) mass is 325 g/mol. The highest BCUT2D eigenvalue weighted by atomic mass is 32.1. The number of rotatable bonds is 3. The third kappa shape index (κ3) is 3.55. The average Bonchev–Trinajstić information content (AvgIpc) is 3.11. The Morgan fingerprint density at radius 1 is 0.957 bits per heavy atom. The van der Waals surface area contributed by atoms with Crippen LogP contribution >= 0.6 is 11.3 Å². The lowest BCUT2D eigenvalue weighted by atomic mass is 10.3.